The van der Waals surface area contributed by atoms with Crippen LogP contribution in [0.5, 0.6) is 5.75 Å². The Bertz CT molecular complexity index is 1840. The van der Waals surface area contributed by atoms with Crippen molar-refractivity contribution in [1.82, 2.24) is 4.90 Å². The predicted octanol–water partition coefficient (Wildman–Crippen LogP) is 3.23. The zero-order valence-electron chi connectivity index (χ0n) is 23.9. The number of morpholine rings is 1. The molecule has 4 aliphatic rings. The molecule has 6 N–H and O–H groups in total. The van der Waals surface area contributed by atoms with Crippen LogP contribution in [0.3, 0.4) is 0 Å². The SMILES string of the molecule is NC(=O)C1=C(O)C[C@@H]2C[C@@H]3Cc4c(-c5ccc(CN6CCOCC6)c6ccccc56)ccc(O)c4C(=O)C3=C(O)[C@]2(O)C1=O. The van der Waals surface area contributed by atoms with Crippen LogP contribution < -0.4 is 5.73 Å². The lowest BCUT2D eigenvalue weighted by Gasteiger charge is -2.45. The molecule has 1 fully saturated rings. The van der Waals surface area contributed by atoms with Crippen LogP contribution in [0.25, 0.3) is 21.9 Å². The summed E-state index contributed by atoms with van der Waals surface area (Å²) in [5.41, 5.74) is 5.17. The van der Waals surface area contributed by atoms with Crippen molar-refractivity contribution in [3.05, 3.63) is 87.9 Å². The van der Waals surface area contributed by atoms with Gasteiger partial charge in [-0.3, -0.25) is 19.3 Å². The number of aromatic hydroxyl groups is 1. The lowest BCUT2D eigenvalue weighted by atomic mass is 9.60. The third-order valence-corrected chi connectivity index (χ3v) is 9.75. The first-order chi connectivity index (χ1) is 21.1. The average Bonchev–Trinajstić information content (AvgIpc) is 3.00. The number of hydrogen-bond acceptors (Lipinski definition) is 9. The van der Waals surface area contributed by atoms with Crippen LogP contribution in [0.4, 0.5) is 0 Å². The second-order valence-electron chi connectivity index (χ2n) is 12.1. The lowest BCUT2D eigenvalue weighted by Crippen LogP contribution is -2.57. The second-order valence-corrected chi connectivity index (χ2v) is 12.1. The zero-order valence-corrected chi connectivity index (χ0v) is 23.9. The molecule has 0 aromatic heterocycles. The largest absolute Gasteiger partial charge is 0.511 e. The van der Waals surface area contributed by atoms with Gasteiger partial charge in [0, 0.05) is 37.5 Å². The van der Waals surface area contributed by atoms with E-state index in [2.05, 4.69) is 17.0 Å². The number of benzene rings is 3. The van der Waals surface area contributed by atoms with Crippen LogP contribution in [-0.4, -0.2) is 74.7 Å². The maximum atomic E-state index is 14.0. The molecule has 1 aliphatic heterocycles. The summed E-state index contributed by atoms with van der Waals surface area (Å²) in [6.45, 7) is 3.88. The number of allylic oxidation sites excluding steroid dienone is 2. The van der Waals surface area contributed by atoms with Crippen molar-refractivity contribution in [2.24, 2.45) is 17.6 Å². The molecule has 3 aromatic rings. The number of ketones is 2. The number of aliphatic hydroxyl groups is 3. The number of primary amides is 1. The third-order valence-electron chi connectivity index (χ3n) is 9.75. The van der Waals surface area contributed by atoms with Crippen LogP contribution in [0.1, 0.15) is 34.3 Å². The molecule has 0 saturated carbocycles. The molecule has 226 valence electrons. The molecule has 0 spiro atoms. The van der Waals surface area contributed by atoms with Gasteiger partial charge in [0.1, 0.15) is 22.8 Å². The number of phenolic OH excluding ortho intramolecular Hbond substituents is 1. The highest BCUT2D eigenvalue weighted by Crippen LogP contribution is 2.52. The summed E-state index contributed by atoms with van der Waals surface area (Å²) in [4.78, 5) is 41.5. The summed E-state index contributed by atoms with van der Waals surface area (Å²) in [6, 6.07) is 15.4. The molecule has 3 aliphatic carbocycles. The van der Waals surface area contributed by atoms with E-state index in [0.717, 1.165) is 41.5 Å². The fourth-order valence-electron chi connectivity index (χ4n) is 7.61. The minimum atomic E-state index is -2.59. The summed E-state index contributed by atoms with van der Waals surface area (Å²) in [5, 5.41) is 46.3. The molecule has 1 saturated heterocycles. The Kier molecular flexibility index (Phi) is 6.61. The van der Waals surface area contributed by atoms with Gasteiger partial charge in [-0.2, -0.15) is 0 Å². The number of carbonyl (C=O) groups is 3. The van der Waals surface area contributed by atoms with Gasteiger partial charge in [0.25, 0.3) is 5.91 Å². The smallest absolute Gasteiger partial charge is 0.255 e. The standard InChI is InChI=1S/C34H32N2O8/c35-33(42)29-26(38)15-19-13-18-14-24-23(7-8-25(37)28(24)30(39)27(18)31(40)34(19,43)32(29)41)22-6-5-17(16-36-9-11-44-12-10-36)20-3-1-2-4-21(20)22/h1-8,18-19,37-38,40,43H,9-16H2,(H2,35,42)/t18-,19+,34+/m1/s1. The Morgan fingerprint density at radius 2 is 1.66 bits per heavy atom. The van der Waals surface area contributed by atoms with Gasteiger partial charge < -0.3 is 30.9 Å². The highest BCUT2D eigenvalue weighted by molar-refractivity contribution is 6.24. The van der Waals surface area contributed by atoms with Gasteiger partial charge >= 0.3 is 0 Å². The van der Waals surface area contributed by atoms with Crippen molar-refractivity contribution in [3.8, 4) is 16.9 Å². The molecule has 0 bridgehead atoms. The summed E-state index contributed by atoms with van der Waals surface area (Å²) >= 11 is 0. The molecule has 10 nitrogen and oxygen atoms in total. The number of carbonyl (C=O) groups excluding carboxylic acids is 3. The first kappa shape index (κ1) is 28.3. The lowest BCUT2D eigenvalue weighted by molar-refractivity contribution is -0.144. The van der Waals surface area contributed by atoms with E-state index in [-0.39, 0.29) is 36.1 Å². The maximum Gasteiger partial charge on any atom is 0.255 e. The highest BCUT2D eigenvalue weighted by atomic mass is 16.5. The van der Waals surface area contributed by atoms with Crippen molar-refractivity contribution in [1.29, 1.82) is 0 Å². The molecule has 3 atom stereocenters. The van der Waals surface area contributed by atoms with E-state index in [1.807, 2.05) is 24.3 Å². The van der Waals surface area contributed by atoms with E-state index < -0.39 is 52.0 Å². The summed E-state index contributed by atoms with van der Waals surface area (Å²) in [6.07, 6.45) is 0.0523. The molecule has 0 unspecified atom stereocenters. The van der Waals surface area contributed by atoms with Gasteiger partial charge in [0.2, 0.25) is 5.78 Å². The number of nitrogens with zero attached hydrogens (tertiary/aromatic N) is 1. The average molecular weight is 597 g/mol. The van der Waals surface area contributed by atoms with Gasteiger partial charge in [0.05, 0.1) is 18.8 Å². The molecule has 1 heterocycles. The summed E-state index contributed by atoms with van der Waals surface area (Å²) in [5.74, 6) is -6.43. The Balaban J connectivity index is 1.34. The van der Waals surface area contributed by atoms with E-state index in [4.69, 9.17) is 10.5 Å². The first-order valence-corrected chi connectivity index (χ1v) is 14.7. The number of Topliss-reactive ketones (excluding diaryl/α,β-unsaturated/α-hetero) is 2. The van der Waals surface area contributed by atoms with Crippen molar-refractivity contribution < 1.29 is 39.5 Å². The maximum absolute atomic E-state index is 14.0. The minimum absolute atomic E-state index is 0.000553. The van der Waals surface area contributed by atoms with Crippen LogP contribution in [-0.2, 0) is 27.3 Å². The molecule has 7 rings (SSSR count). The van der Waals surface area contributed by atoms with Crippen LogP contribution >= 0.6 is 0 Å². The number of rotatable bonds is 4. The Morgan fingerprint density at radius 1 is 0.955 bits per heavy atom. The van der Waals surface area contributed by atoms with Crippen molar-refractivity contribution >= 4 is 28.2 Å². The third kappa shape index (κ3) is 4.09. The molecular weight excluding hydrogens is 564 g/mol. The Labute approximate surface area is 252 Å². The molecular formula is C34H32N2O8. The quantitative estimate of drug-likeness (QED) is 0.284. The van der Waals surface area contributed by atoms with Crippen molar-refractivity contribution in [2.75, 3.05) is 26.3 Å². The number of hydrogen-bond donors (Lipinski definition) is 5. The fourth-order valence-corrected chi connectivity index (χ4v) is 7.61. The van der Waals surface area contributed by atoms with Crippen LogP contribution in [0, 0.1) is 11.8 Å². The van der Waals surface area contributed by atoms with Gasteiger partial charge in [-0.1, -0.05) is 42.5 Å². The summed E-state index contributed by atoms with van der Waals surface area (Å²) < 4.78 is 5.50. The van der Waals surface area contributed by atoms with Gasteiger partial charge in [-0.05, 0) is 57.9 Å². The van der Waals surface area contributed by atoms with Crippen LogP contribution in [0.2, 0.25) is 0 Å². The monoisotopic (exact) mass is 596 g/mol. The fraction of sp³-hybridized carbons (Fsp3) is 0.324. The first-order valence-electron chi connectivity index (χ1n) is 14.7. The number of phenols is 1. The predicted molar refractivity (Wildman–Crippen MR) is 160 cm³/mol. The van der Waals surface area contributed by atoms with E-state index in [0.29, 0.717) is 18.8 Å². The normalized spacial score (nSPS) is 25.6. The Hall–Kier alpha value is -4.51. The van der Waals surface area contributed by atoms with Gasteiger partial charge in [-0.15, -0.1) is 0 Å². The number of nitrogens with two attached hydrogens (primary N) is 1. The van der Waals surface area contributed by atoms with Gasteiger partial charge in [-0.25, -0.2) is 0 Å². The van der Waals surface area contributed by atoms with E-state index >= 15 is 0 Å². The molecule has 1 amide bonds. The topological polar surface area (TPSA) is 171 Å². The molecule has 0 radical (unpaired) electrons. The van der Waals surface area contributed by atoms with Gasteiger partial charge in [0.15, 0.2) is 11.4 Å². The number of ether oxygens (including phenoxy) is 1. The summed E-state index contributed by atoms with van der Waals surface area (Å²) in [7, 11) is 0. The number of aliphatic hydroxyl groups excluding tert-OH is 2. The number of fused-ring (bicyclic) bond motifs is 4. The van der Waals surface area contributed by atoms with E-state index in [1.54, 1.807) is 6.07 Å². The van der Waals surface area contributed by atoms with E-state index in [1.165, 1.54) is 11.6 Å². The number of amides is 1. The molecule has 10 heteroatoms. The molecule has 44 heavy (non-hydrogen) atoms. The molecule has 3 aromatic carbocycles. The minimum Gasteiger partial charge on any atom is -0.511 e. The van der Waals surface area contributed by atoms with Crippen molar-refractivity contribution in [2.45, 2.75) is 31.4 Å². The van der Waals surface area contributed by atoms with E-state index in [9.17, 15) is 34.8 Å². The highest BCUT2D eigenvalue weighted by Gasteiger charge is 2.59. The van der Waals surface area contributed by atoms with Crippen molar-refractivity contribution in [3.63, 3.8) is 0 Å². The second kappa shape index (κ2) is 10.3. The zero-order chi connectivity index (χ0) is 30.9. The van der Waals surface area contributed by atoms with Crippen LogP contribution in [0.15, 0.2) is 71.2 Å². The Morgan fingerprint density at radius 3 is 2.39 bits per heavy atom.